The highest BCUT2D eigenvalue weighted by atomic mass is 19.4. The van der Waals surface area contributed by atoms with Gasteiger partial charge in [-0.3, -0.25) is 4.79 Å². The molecule has 0 aliphatic carbocycles. The van der Waals surface area contributed by atoms with E-state index in [1.54, 1.807) is 11.8 Å². The number of amides is 1. The van der Waals surface area contributed by atoms with Gasteiger partial charge in [0.1, 0.15) is 5.76 Å². The summed E-state index contributed by atoms with van der Waals surface area (Å²) in [5.41, 5.74) is 1.68. The van der Waals surface area contributed by atoms with Gasteiger partial charge in [-0.2, -0.15) is 13.2 Å². The van der Waals surface area contributed by atoms with E-state index in [0.717, 1.165) is 11.3 Å². The second-order valence-electron chi connectivity index (χ2n) is 6.42. The predicted octanol–water partition coefficient (Wildman–Crippen LogP) is 3.03. The minimum atomic E-state index is -4.66. The number of carbonyl (C=O) groups excluding carboxylic acids is 1. The first-order valence-electron chi connectivity index (χ1n) is 8.36. The molecule has 26 heavy (non-hydrogen) atoms. The van der Waals surface area contributed by atoms with Crippen LogP contribution in [-0.2, 0) is 17.4 Å². The number of halogens is 3. The molecular formula is C16H19F3N4O3. The van der Waals surface area contributed by atoms with Gasteiger partial charge in [0, 0.05) is 25.1 Å². The number of rotatable bonds is 4. The maximum Gasteiger partial charge on any atom is 0.470 e. The van der Waals surface area contributed by atoms with E-state index in [0.29, 0.717) is 31.6 Å². The number of alkyl halides is 3. The zero-order chi connectivity index (χ0) is 18.9. The van der Waals surface area contributed by atoms with Crippen LogP contribution in [0.2, 0.25) is 0 Å². The largest absolute Gasteiger partial charge is 0.470 e. The van der Waals surface area contributed by atoms with Crippen LogP contribution in [0.15, 0.2) is 8.94 Å². The van der Waals surface area contributed by atoms with E-state index in [2.05, 4.69) is 15.4 Å². The lowest BCUT2D eigenvalue weighted by Gasteiger charge is -2.31. The third-order valence-electron chi connectivity index (χ3n) is 4.58. The first kappa shape index (κ1) is 18.4. The summed E-state index contributed by atoms with van der Waals surface area (Å²) in [4.78, 5) is 14.1. The van der Waals surface area contributed by atoms with E-state index in [9.17, 15) is 18.0 Å². The highest BCUT2D eigenvalue weighted by molar-refractivity contribution is 5.76. The molecule has 1 atom stereocenters. The summed E-state index contributed by atoms with van der Waals surface area (Å²) in [6, 6.07) is 0. The van der Waals surface area contributed by atoms with E-state index in [4.69, 9.17) is 8.94 Å². The molecule has 0 radical (unpaired) electrons. The summed E-state index contributed by atoms with van der Waals surface area (Å²) < 4.78 is 47.6. The molecule has 1 fully saturated rings. The topological polar surface area (TPSA) is 85.3 Å². The SMILES string of the molecule is Cc1noc(C)c1CCC(=O)N1CCC[C@@H](c2nnc(C(F)(F)F)o2)C1. The minimum absolute atomic E-state index is 0.0646. The third-order valence-corrected chi connectivity index (χ3v) is 4.58. The Bertz CT molecular complexity index is 765. The van der Waals surface area contributed by atoms with Crippen LogP contribution in [0.3, 0.4) is 0 Å². The number of carbonyl (C=O) groups is 1. The lowest BCUT2D eigenvalue weighted by Crippen LogP contribution is -2.39. The smallest absolute Gasteiger partial charge is 0.417 e. The van der Waals surface area contributed by atoms with Crippen molar-refractivity contribution in [2.45, 2.75) is 51.6 Å². The number of aryl methyl sites for hydroxylation is 2. The molecule has 7 nitrogen and oxygen atoms in total. The van der Waals surface area contributed by atoms with Crippen molar-refractivity contribution in [3.63, 3.8) is 0 Å². The van der Waals surface area contributed by atoms with Crippen molar-refractivity contribution in [3.8, 4) is 0 Å². The molecule has 1 aliphatic rings. The second-order valence-corrected chi connectivity index (χ2v) is 6.42. The highest BCUT2D eigenvalue weighted by Gasteiger charge is 2.39. The van der Waals surface area contributed by atoms with Gasteiger partial charge in [-0.15, -0.1) is 10.2 Å². The molecule has 0 N–H and O–H groups in total. The van der Waals surface area contributed by atoms with Crippen molar-refractivity contribution in [2.75, 3.05) is 13.1 Å². The summed E-state index contributed by atoms with van der Waals surface area (Å²) in [5.74, 6) is -1.17. The quantitative estimate of drug-likeness (QED) is 0.820. The van der Waals surface area contributed by atoms with E-state index in [1.807, 2.05) is 6.92 Å². The Morgan fingerprint density at radius 2 is 2.08 bits per heavy atom. The number of nitrogens with zero attached hydrogens (tertiary/aromatic N) is 4. The average Bonchev–Trinajstić information content (AvgIpc) is 3.21. The average molecular weight is 372 g/mol. The van der Waals surface area contributed by atoms with E-state index < -0.39 is 12.1 Å². The van der Waals surface area contributed by atoms with Crippen LogP contribution in [0.5, 0.6) is 0 Å². The van der Waals surface area contributed by atoms with Gasteiger partial charge in [0.25, 0.3) is 0 Å². The Kier molecular flexibility index (Phi) is 5.01. The summed E-state index contributed by atoms with van der Waals surface area (Å²) in [6.45, 7) is 4.46. The minimum Gasteiger partial charge on any atom is -0.417 e. The molecule has 0 spiro atoms. The van der Waals surface area contributed by atoms with Crippen LogP contribution in [0.1, 0.15) is 54.0 Å². The van der Waals surface area contributed by atoms with Crippen molar-refractivity contribution >= 4 is 5.91 Å². The molecule has 2 aromatic rings. The van der Waals surface area contributed by atoms with E-state index in [1.165, 1.54) is 0 Å². The molecule has 3 rings (SSSR count). The summed E-state index contributed by atoms with van der Waals surface area (Å²) >= 11 is 0. The van der Waals surface area contributed by atoms with E-state index in [-0.39, 0.29) is 30.7 Å². The van der Waals surface area contributed by atoms with Crippen molar-refractivity contribution in [2.24, 2.45) is 0 Å². The third kappa shape index (κ3) is 3.88. The predicted molar refractivity (Wildman–Crippen MR) is 82.2 cm³/mol. The Balaban J connectivity index is 1.61. The molecule has 3 heterocycles. The fourth-order valence-corrected chi connectivity index (χ4v) is 3.17. The maximum absolute atomic E-state index is 12.6. The number of likely N-dealkylation sites (tertiary alicyclic amines) is 1. The summed E-state index contributed by atoms with van der Waals surface area (Å²) in [6.07, 6.45) is -2.59. The number of piperidine rings is 1. The molecule has 1 amide bonds. The van der Waals surface area contributed by atoms with Crippen LogP contribution >= 0.6 is 0 Å². The Hall–Kier alpha value is -2.39. The highest BCUT2D eigenvalue weighted by Crippen LogP contribution is 2.32. The van der Waals surface area contributed by atoms with Crippen molar-refractivity contribution in [1.29, 1.82) is 0 Å². The van der Waals surface area contributed by atoms with Gasteiger partial charge < -0.3 is 13.8 Å². The Morgan fingerprint density at radius 3 is 2.69 bits per heavy atom. The molecule has 142 valence electrons. The number of aromatic nitrogens is 3. The van der Waals surface area contributed by atoms with Crippen molar-refractivity contribution in [1.82, 2.24) is 20.3 Å². The number of hydrogen-bond donors (Lipinski definition) is 0. The molecule has 0 unspecified atom stereocenters. The molecular weight excluding hydrogens is 353 g/mol. The van der Waals surface area contributed by atoms with Crippen LogP contribution in [-0.4, -0.2) is 39.3 Å². The molecule has 2 aromatic heterocycles. The van der Waals surface area contributed by atoms with Crippen molar-refractivity contribution in [3.05, 3.63) is 28.8 Å². The van der Waals surface area contributed by atoms with Crippen molar-refractivity contribution < 1.29 is 26.9 Å². The monoisotopic (exact) mass is 372 g/mol. The second kappa shape index (κ2) is 7.08. The molecule has 1 saturated heterocycles. The first-order valence-corrected chi connectivity index (χ1v) is 8.36. The maximum atomic E-state index is 12.6. The van der Waals surface area contributed by atoms with Gasteiger partial charge in [-0.05, 0) is 33.1 Å². The fraction of sp³-hybridized carbons (Fsp3) is 0.625. The summed E-state index contributed by atoms with van der Waals surface area (Å²) in [7, 11) is 0. The zero-order valence-corrected chi connectivity index (χ0v) is 14.5. The van der Waals surface area contributed by atoms with Gasteiger partial charge in [0.05, 0.1) is 11.6 Å². The molecule has 1 aliphatic heterocycles. The Morgan fingerprint density at radius 1 is 1.31 bits per heavy atom. The van der Waals surface area contributed by atoms with Gasteiger partial charge >= 0.3 is 12.1 Å². The van der Waals surface area contributed by atoms with E-state index >= 15 is 0 Å². The number of hydrogen-bond acceptors (Lipinski definition) is 6. The van der Waals surface area contributed by atoms with Crippen LogP contribution in [0, 0.1) is 13.8 Å². The van der Waals surface area contributed by atoms with Crippen LogP contribution in [0.25, 0.3) is 0 Å². The standard InChI is InChI=1S/C16H19F3N4O3/c1-9-12(10(2)26-22-9)5-6-13(24)23-7-3-4-11(8-23)14-20-21-15(25-14)16(17,18)19/h11H,3-8H2,1-2H3/t11-/m1/s1. The molecule has 0 saturated carbocycles. The zero-order valence-electron chi connectivity index (χ0n) is 14.5. The van der Waals surface area contributed by atoms with Gasteiger partial charge in [0.2, 0.25) is 11.8 Å². The molecule has 0 aromatic carbocycles. The molecule has 10 heteroatoms. The van der Waals surface area contributed by atoms with Gasteiger partial charge in [0.15, 0.2) is 0 Å². The van der Waals surface area contributed by atoms with Crippen LogP contribution in [0.4, 0.5) is 13.2 Å². The fourth-order valence-electron chi connectivity index (χ4n) is 3.17. The van der Waals surface area contributed by atoms with Gasteiger partial charge in [-0.1, -0.05) is 5.16 Å². The summed E-state index contributed by atoms with van der Waals surface area (Å²) in [5, 5.41) is 10.4. The first-order chi connectivity index (χ1) is 12.3. The lowest BCUT2D eigenvalue weighted by molar-refractivity contribution is -0.157. The lowest BCUT2D eigenvalue weighted by atomic mass is 9.97. The van der Waals surface area contributed by atoms with Crippen LogP contribution < -0.4 is 0 Å². The van der Waals surface area contributed by atoms with Gasteiger partial charge in [-0.25, -0.2) is 0 Å². The Labute approximate surface area is 147 Å². The normalized spacial score (nSPS) is 18.3. The molecule has 0 bridgehead atoms.